The van der Waals surface area contributed by atoms with E-state index in [1.165, 1.54) is 6.08 Å². The van der Waals surface area contributed by atoms with Crippen LogP contribution in [0, 0.1) is 12.7 Å². The van der Waals surface area contributed by atoms with Crippen molar-refractivity contribution in [3.63, 3.8) is 0 Å². The lowest BCUT2D eigenvalue weighted by atomic mass is 10.3. The summed E-state index contributed by atoms with van der Waals surface area (Å²) in [6.07, 6.45) is 3.08. The molecule has 0 spiro atoms. The van der Waals surface area contributed by atoms with Crippen LogP contribution in [-0.2, 0) is 7.05 Å². The molecule has 0 saturated heterocycles. The number of halogens is 1. The Hall–Kier alpha value is -1.64. The van der Waals surface area contributed by atoms with Crippen molar-refractivity contribution < 1.29 is 4.39 Å². The van der Waals surface area contributed by atoms with Gasteiger partial charge in [0.2, 0.25) is 0 Å². The average Bonchev–Trinajstić information content (AvgIpc) is 2.39. The molecular formula is C11H11FN2. The molecule has 0 bridgehead atoms. The van der Waals surface area contributed by atoms with E-state index in [4.69, 9.17) is 0 Å². The van der Waals surface area contributed by atoms with Crippen molar-refractivity contribution in [1.82, 2.24) is 9.55 Å². The lowest BCUT2D eigenvalue weighted by Gasteiger charge is -1.98. The fourth-order valence-electron chi connectivity index (χ4n) is 1.63. The highest BCUT2D eigenvalue weighted by Gasteiger charge is 2.12. The zero-order chi connectivity index (χ0) is 10.3. The Kier molecular flexibility index (Phi) is 1.88. The molecule has 2 aromatic heterocycles. The number of fused-ring (bicyclic) bond motifs is 1. The van der Waals surface area contributed by atoms with E-state index in [2.05, 4.69) is 11.6 Å². The van der Waals surface area contributed by atoms with Crippen molar-refractivity contribution in [2.45, 2.75) is 6.92 Å². The van der Waals surface area contributed by atoms with Crippen LogP contribution in [-0.4, -0.2) is 9.55 Å². The number of rotatable bonds is 1. The van der Waals surface area contributed by atoms with Crippen LogP contribution in [0.3, 0.4) is 0 Å². The Labute approximate surface area is 81.7 Å². The predicted octanol–water partition coefficient (Wildman–Crippen LogP) is 2.66. The van der Waals surface area contributed by atoms with E-state index < -0.39 is 0 Å². The third kappa shape index (κ3) is 1.05. The van der Waals surface area contributed by atoms with E-state index in [0.717, 1.165) is 11.2 Å². The molecule has 0 aliphatic carbocycles. The number of nitrogens with zero attached hydrogens (tertiary/aromatic N) is 2. The molecule has 2 rings (SSSR count). The van der Waals surface area contributed by atoms with Crippen molar-refractivity contribution in [2.75, 3.05) is 0 Å². The van der Waals surface area contributed by atoms with Crippen molar-refractivity contribution in [3.05, 3.63) is 36.0 Å². The Morgan fingerprint density at radius 1 is 1.57 bits per heavy atom. The first kappa shape index (κ1) is 8.94. The van der Waals surface area contributed by atoms with Crippen LogP contribution in [0.4, 0.5) is 4.39 Å². The molecule has 3 heteroatoms. The summed E-state index contributed by atoms with van der Waals surface area (Å²) in [5.74, 6) is -0.245. The topological polar surface area (TPSA) is 17.8 Å². The zero-order valence-corrected chi connectivity index (χ0v) is 8.21. The molecule has 2 aromatic rings. The largest absolute Gasteiger partial charge is 0.342 e. The quantitative estimate of drug-likeness (QED) is 0.676. The van der Waals surface area contributed by atoms with Crippen LogP contribution >= 0.6 is 0 Å². The second-order valence-corrected chi connectivity index (χ2v) is 3.31. The van der Waals surface area contributed by atoms with Gasteiger partial charge in [-0.1, -0.05) is 6.58 Å². The molecular weight excluding hydrogens is 179 g/mol. The molecule has 2 nitrogen and oxygen atoms in total. The van der Waals surface area contributed by atoms with Crippen LogP contribution < -0.4 is 0 Å². The van der Waals surface area contributed by atoms with E-state index in [9.17, 15) is 4.39 Å². The molecule has 0 aliphatic rings. The molecule has 0 amide bonds. The van der Waals surface area contributed by atoms with Crippen LogP contribution in [0.5, 0.6) is 0 Å². The maximum atomic E-state index is 13.7. The minimum absolute atomic E-state index is 0.245. The maximum absolute atomic E-state index is 13.7. The second kappa shape index (κ2) is 2.94. The van der Waals surface area contributed by atoms with Gasteiger partial charge in [0.15, 0.2) is 5.82 Å². The molecule has 0 fully saturated rings. The maximum Gasteiger partial charge on any atom is 0.157 e. The highest BCUT2D eigenvalue weighted by molar-refractivity contribution is 5.83. The summed E-state index contributed by atoms with van der Waals surface area (Å²) in [5.41, 5.74) is 2.24. The molecule has 0 atom stereocenters. The number of hydrogen-bond donors (Lipinski definition) is 0. The first-order chi connectivity index (χ1) is 6.65. The molecule has 72 valence electrons. The van der Waals surface area contributed by atoms with Gasteiger partial charge >= 0.3 is 0 Å². The fourth-order valence-corrected chi connectivity index (χ4v) is 1.63. The summed E-state index contributed by atoms with van der Waals surface area (Å²) in [5, 5.41) is 0.549. The summed E-state index contributed by atoms with van der Waals surface area (Å²) >= 11 is 0. The minimum Gasteiger partial charge on any atom is -0.342 e. The molecule has 2 heterocycles. The van der Waals surface area contributed by atoms with Crippen molar-refractivity contribution in [1.29, 1.82) is 0 Å². The molecule has 0 aromatic carbocycles. The van der Waals surface area contributed by atoms with Gasteiger partial charge in [-0.05, 0) is 19.1 Å². The average molecular weight is 190 g/mol. The van der Waals surface area contributed by atoms with E-state index in [1.54, 1.807) is 10.8 Å². The predicted molar refractivity (Wildman–Crippen MR) is 55.5 cm³/mol. The highest BCUT2D eigenvalue weighted by atomic mass is 19.1. The van der Waals surface area contributed by atoms with Gasteiger partial charge in [0.1, 0.15) is 0 Å². The summed E-state index contributed by atoms with van der Waals surface area (Å²) < 4.78 is 15.5. The fraction of sp³-hybridized carbons (Fsp3) is 0.182. The lowest BCUT2D eigenvalue weighted by Crippen LogP contribution is -1.91. The van der Waals surface area contributed by atoms with Crippen molar-refractivity contribution in [2.24, 2.45) is 7.05 Å². The molecule has 0 saturated carbocycles. The van der Waals surface area contributed by atoms with Gasteiger partial charge in [0, 0.05) is 18.9 Å². The summed E-state index contributed by atoms with van der Waals surface area (Å²) in [4.78, 5) is 4.07. The Bertz CT molecular complexity index is 511. The zero-order valence-electron chi connectivity index (χ0n) is 8.21. The molecule has 0 N–H and O–H groups in total. The van der Waals surface area contributed by atoms with Crippen LogP contribution in [0.2, 0.25) is 0 Å². The van der Waals surface area contributed by atoms with Gasteiger partial charge in [-0.15, -0.1) is 0 Å². The minimum atomic E-state index is -0.245. The van der Waals surface area contributed by atoms with Gasteiger partial charge in [0.25, 0.3) is 0 Å². The highest BCUT2D eigenvalue weighted by Crippen LogP contribution is 2.24. The molecule has 14 heavy (non-hydrogen) atoms. The first-order valence-electron chi connectivity index (χ1n) is 4.38. The van der Waals surface area contributed by atoms with Gasteiger partial charge in [-0.2, -0.15) is 0 Å². The number of aryl methyl sites for hydroxylation is 2. The van der Waals surface area contributed by atoms with Gasteiger partial charge in [-0.3, -0.25) is 4.98 Å². The summed E-state index contributed by atoms with van der Waals surface area (Å²) in [6, 6.07) is 1.87. The lowest BCUT2D eigenvalue weighted by molar-refractivity contribution is 0.629. The van der Waals surface area contributed by atoms with Crippen LogP contribution in [0.1, 0.15) is 11.4 Å². The van der Waals surface area contributed by atoms with E-state index in [0.29, 0.717) is 11.1 Å². The standard InChI is InChI=1S/C11H11FN2/c1-4-9-11(12)8-6-13-7(2)5-10(8)14(9)3/h4-6H,1H2,2-3H3. The first-order valence-corrected chi connectivity index (χ1v) is 4.38. The van der Waals surface area contributed by atoms with Gasteiger partial charge < -0.3 is 4.57 Å². The van der Waals surface area contributed by atoms with Gasteiger partial charge in [0.05, 0.1) is 16.6 Å². The molecule has 0 unspecified atom stereocenters. The third-order valence-electron chi connectivity index (χ3n) is 2.40. The Balaban J connectivity index is 2.94. The number of hydrogen-bond acceptors (Lipinski definition) is 1. The Morgan fingerprint density at radius 2 is 2.29 bits per heavy atom. The third-order valence-corrected chi connectivity index (χ3v) is 2.40. The summed E-state index contributed by atoms with van der Waals surface area (Å²) in [6.45, 7) is 5.48. The molecule has 0 radical (unpaired) electrons. The SMILES string of the molecule is C=Cc1c(F)c2cnc(C)cc2n1C. The Morgan fingerprint density at radius 3 is 2.93 bits per heavy atom. The monoisotopic (exact) mass is 190 g/mol. The smallest absolute Gasteiger partial charge is 0.157 e. The number of pyridine rings is 1. The van der Waals surface area contributed by atoms with E-state index >= 15 is 0 Å². The molecule has 0 aliphatic heterocycles. The van der Waals surface area contributed by atoms with Gasteiger partial charge in [-0.25, -0.2) is 4.39 Å². The van der Waals surface area contributed by atoms with Crippen molar-refractivity contribution >= 4 is 17.0 Å². The van der Waals surface area contributed by atoms with Crippen LogP contribution in [0.25, 0.3) is 17.0 Å². The second-order valence-electron chi connectivity index (χ2n) is 3.31. The summed E-state index contributed by atoms with van der Waals surface area (Å²) in [7, 11) is 1.82. The van der Waals surface area contributed by atoms with E-state index in [1.807, 2.05) is 20.0 Å². The van der Waals surface area contributed by atoms with Crippen molar-refractivity contribution in [3.8, 4) is 0 Å². The number of aromatic nitrogens is 2. The van der Waals surface area contributed by atoms with Crippen LogP contribution in [0.15, 0.2) is 18.8 Å². The normalized spacial score (nSPS) is 10.8. The van der Waals surface area contributed by atoms with E-state index in [-0.39, 0.29) is 5.82 Å².